The van der Waals surface area contributed by atoms with Gasteiger partial charge in [-0.15, -0.1) is 0 Å². The van der Waals surface area contributed by atoms with E-state index in [4.69, 9.17) is 19.9 Å². The van der Waals surface area contributed by atoms with Gasteiger partial charge in [0.1, 0.15) is 6.04 Å². The number of carbonyl (C=O) groups is 3. The van der Waals surface area contributed by atoms with Gasteiger partial charge >= 0.3 is 5.97 Å². The zero-order chi connectivity index (χ0) is 28.8. The number of carboxylic acid groups (broad SMARTS) is 1. The topological polar surface area (TPSA) is 152 Å². The molecule has 0 aromatic rings. The Kier molecular flexibility index (Phi) is 37.4. The number of amides is 2. The number of carbonyl (C=O) groups excluding carboxylic acids is 2. The molecule has 0 aliphatic rings. The van der Waals surface area contributed by atoms with Gasteiger partial charge in [-0.25, -0.2) is 5.43 Å². The average Bonchev–Trinajstić information content (AvgIpc) is 2.87. The highest BCUT2D eigenvalue weighted by Gasteiger charge is 2.16. The van der Waals surface area contributed by atoms with E-state index in [-0.39, 0.29) is 30.3 Å². The van der Waals surface area contributed by atoms with E-state index >= 15 is 0 Å². The minimum absolute atomic E-state index is 0.115. The molecule has 10 nitrogen and oxygen atoms in total. The van der Waals surface area contributed by atoms with Crippen LogP contribution in [0.25, 0.3) is 0 Å². The van der Waals surface area contributed by atoms with Crippen molar-refractivity contribution in [2.75, 3.05) is 45.1 Å². The summed E-state index contributed by atoms with van der Waals surface area (Å²) in [5.74, 6) is 4.38. The molecule has 0 aromatic heterocycles. The van der Waals surface area contributed by atoms with Crippen LogP contribution in [0.2, 0.25) is 0 Å². The van der Waals surface area contributed by atoms with Crippen molar-refractivity contribution in [3.8, 4) is 0 Å². The van der Waals surface area contributed by atoms with Crippen LogP contribution in [-0.4, -0.2) is 79.6 Å². The summed E-state index contributed by atoms with van der Waals surface area (Å²) in [6.45, 7) is 13.5. The first-order valence-corrected chi connectivity index (χ1v) is 15.1. The molecule has 0 spiro atoms. The van der Waals surface area contributed by atoms with Crippen LogP contribution < -0.4 is 21.9 Å². The van der Waals surface area contributed by atoms with Crippen molar-refractivity contribution in [3.63, 3.8) is 0 Å². The fraction of sp³-hybridized carbons (Fsp3) is 0.875. The number of nitrogens with two attached hydrogens (primary N) is 1. The summed E-state index contributed by atoms with van der Waals surface area (Å²) in [6.07, 6.45) is 6.74. The lowest BCUT2D eigenvalue weighted by Gasteiger charge is -2.22. The van der Waals surface area contributed by atoms with Gasteiger partial charge in [-0.3, -0.25) is 20.2 Å². The standard InChI is InChI=1S/C18H36N4O6S.C2H6S.2C2H6/c1-18(2,27-3)9-12-28-29-13-11-21-16(24)8-7-15(23)20-10-5-4-6-14(22-19)17(25)26;1-3-2;2*1-2/h14,22H,4-13,19H2,1-3H3,(H,20,23)(H,21,24)(H,25,26);1-2H3;2*1-2H3. The lowest BCUT2D eigenvalue weighted by molar-refractivity contribution is -0.139. The van der Waals surface area contributed by atoms with Gasteiger partial charge in [-0.1, -0.05) is 27.7 Å². The Balaban J connectivity index is -0.000000659. The van der Waals surface area contributed by atoms with Crippen LogP contribution in [0, 0.1) is 0 Å². The quantitative estimate of drug-likeness (QED) is 0.0730. The van der Waals surface area contributed by atoms with Crippen molar-refractivity contribution in [2.45, 2.75) is 91.7 Å². The summed E-state index contributed by atoms with van der Waals surface area (Å²) in [5, 5.41) is 14.3. The molecule has 6 N–H and O–H groups in total. The summed E-state index contributed by atoms with van der Waals surface area (Å²) in [5.41, 5.74) is 2.02. The van der Waals surface area contributed by atoms with Gasteiger partial charge in [-0.05, 0) is 57.7 Å². The van der Waals surface area contributed by atoms with Crippen molar-refractivity contribution >= 4 is 41.6 Å². The van der Waals surface area contributed by atoms with Crippen molar-refractivity contribution in [2.24, 2.45) is 5.84 Å². The van der Waals surface area contributed by atoms with E-state index < -0.39 is 12.0 Å². The molecule has 0 saturated carbocycles. The summed E-state index contributed by atoms with van der Waals surface area (Å²) < 4.78 is 10.7. The van der Waals surface area contributed by atoms with Crippen molar-refractivity contribution in [3.05, 3.63) is 0 Å². The average molecular weight is 559 g/mol. The van der Waals surface area contributed by atoms with Gasteiger partial charge < -0.3 is 24.7 Å². The van der Waals surface area contributed by atoms with Crippen LogP contribution in [0.15, 0.2) is 0 Å². The van der Waals surface area contributed by atoms with Gasteiger partial charge in [0, 0.05) is 45.2 Å². The first-order valence-electron chi connectivity index (χ1n) is 12.6. The molecule has 1 unspecified atom stereocenters. The SMILES string of the molecule is CC.CC.COC(C)(C)CCOSCCNC(=O)CCC(=O)NCCCCC(NN)C(=O)O.CSC. The molecule has 0 bridgehead atoms. The molecule has 0 saturated heterocycles. The Morgan fingerprint density at radius 3 is 1.92 bits per heavy atom. The number of carboxylic acids is 1. The maximum atomic E-state index is 11.7. The molecular weight excluding hydrogens is 504 g/mol. The third-order valence-electron chi connectivity index (χ3n) is 4.25. The molecule has 0 heterocycles. The highest BCUT2D eigenvalue weighted by atomic mass is 32.2. The van der Waals surface area contributed by atoms with Crippen LogP contribution >= 0.6 is 23.8 Å². The molecule has 0 aliphatic heterocycles. The molecule has 0 aliphatic carbocycles. The van der Waals surface area contributed by atoms with E-state index in [1.807, 2.05) is 54.1 Å². The monoisotopic (exact) mass is 558 g/mol. The van der Waals surface area contributed by atoms with E-state index in [0.29, 0.717) is 44.7 Å². The Bertz CT molecular complexity index is 515. The molecule has 36 heavy (non-hydrogen) atoms. The fourth-order valence-corrected chi connectivity index (χ4v) is 2.63. The minimum Gasteiger partial charge on any atom is -0.480 e. The van der Waals surface area contributed by atoms with Gasteiger partial charge in [0.15, 0.2) is 0 Å². The van der Waals surface area contributed by atoms with Crippen molar-refractivity contribution in [1.29, 1.82) is 0 Å². The number of aliphatic carboxylic acids is 1. The number of rotatable bonds is 18. The second kappa shape index (κ2) is 32.0. The normalized spacial score (nSPS) is 10.8. The number of ether oxygens (including phenoxy) is 1. The highest BCUT2D eigenvalue weighted by molar-refractivity contribution is 7.97. The van der Waals surface area contributed by atoms with Gasteiger partial charge in [-0.2, -0.15) is 11.8 Å². The maximum Gasteiger partial charge on any atom is 0.322 e. The second-order valence-electron chi connectivity index (χ2n) is 7.52. The zero-order valence-corrected chi connectivity index (χ0v) is 25.7. The molecule has 0 fully saturated rings. The first-order chi connectivity index (χ1) is 17.1. The molecule has 0 radical (unpaired) electrons. The van der Waals surface area contributed by atoms with Crippen LogP contribution in [-0.2, 0) is 23.3 Å². The number of thioether (sulfide) groups is 1. The molecule has 218 valence electrons. The fourth-order valence-electron chi connectivity index (χ4n) is 2.12. The minimum atomic E-state index is -0.998. The Morgan fingerprint density at radius 2 is 1.47 bits per heavy atom. The molecule has 12 heteroatoms. The number of hydrogen-bond donors (Lipinski definition) is 5. The molecule has 0 aromatic carbocycles. The summed E-state index contributed by atoms with van der Waals surface area (Å²) in [6, 6.07) is -0.782. The van der Waals surface area contributed by atoms with Crippen molar-refractivity contribution in [1.82, 2.24) is 16.1 Å². The Labute approximate surface area is 228 Å². The van der Waals surface area contributed by atoms with Crippen molar-refractivity contribution < 1.29 is 28.4 Å². The molecular formula is C24H54N4O6S2. The van der Waals surface area contributed by atoms with Gasteiger partial charge in [0.05, 0.1) is 12.2 Å². The Morgan fingerprint density at radius 1 is 0.972 bits per heavy atom. The van der Waals surface area contributed by atoms with Gasteiger partial charge in [0.25, 0.3) is 0 Å². The molecule has 2 amide bonds. The number of hydrogen-bond acceptors (Lipinski definition) is 9. The van der Waals surface area contributed by atoms with Crippen LogP contribution in [0.5, 0.6) is 0 Å². The summed E-state index contributed by atoms with van der Waals surface area (Å²) >= 11 is 3.04. The highest BCUT2D eigenvalue weighted by Crippen LogP contribution is 2.14. The lowest BCUT2D eigenvalue weighted by atomic mass is 10.1. The van der Waals surface area contributed by atoms with E-state index in [1.54, 1.807) is 18.9 Å². The van der Waals surface area contributed by atoms with E-state index in [2.05, 4.69) is 16.1 Å². The third-order valence-corrected chi connectivity index (χ3v) is 4.96. The third kappa shape index (κ3) is 33.0. The maximum absolute atomic E-state index is 11.7. The summed E-state index contributed by atoms with van der Waals surface area (Å²) in [4.78, 5) is 34.2. The number of hydrazine groups is 1. The predicted molar refractivity (Wildman–Crippen MR) is 154 cm³/mol. The molecule has 1 atom stereocenters. The van der Waals surface area contributed by atoms with E-state index in [9.17, 15) is 14.4 Å². The van der Waals surface area contributed by atoms with Crippen LogP contribution in [0.3, 0.4) is 0 Å². The molecule has 0 rings (SSSR count). The second-order valence-corrected chi connectivity index (χ2v) is 9.22. The predicted octanol–water partition coefficient (Wildman–Crippen LogP) is 3.60. The zero-order valence-electron chi connectivity index (χ0n) is 24.0. The largest absolute Gasteiger partial charge is 0.480 e. The van der Waals surface area contributed by atoms with Crippen LogP contribution in [0.1, 0.15) is 80.1 Å². The number of methoxy groups -OCH3 is 1. The summed E-state index contributed by atoms with van der Waals surface area (Å²) in [7, 11) is 1.67. The van der Waals surface area contributed by atoms with Gasteiger partial charge in [0.2, 0.25) is 11.8 Å². The lowest BCUT2D eigenvalue weighted by Crippen LogP contribution is -2.41. The van der Waals surface area contributed by atoms with Crippen LogP contribution in [0.4, 0.5) is 0 Å². The smallest absolute Gasteiger partial charge is 0.322 e. The first kappa shape index (κ1) is 42.1. The number of nitrogens with one attached hydrogen (secondary N) is 3. The van der Waals surface area contributed by atoms with E-state index in [0.717, 1.165) is 6.42 Å². The Hall–Kier alpha value is -1.05. The number of unbranched alkanes of at least 4 members (excludes halogenated alkanes) is 1. The van der Waals surface area contributed by atoms with E-state index in [1.165, 1.54) is 12.0 Å².